The highest BCUT2D eigenvalue weighted by Crippen LogP contribution is 2.38. The van der Waals surface area contributed by atoms with Crippen molar-refractivity contribution in [1.29, 1.82) is 0 Å². The van der Waals surface area contributed by atoms with E-state index in [-0.39, 0.29) is 17.4 Å². The zero-order valence-electron chi connectivity index (χ0n) is 8.10. The Morgan fingerprint density at radius 2 is 2.20 bits per heavy atom. The maximum absolute atomic E-state index is 10.9. The molecular formula is C10H11N3O2. The Hall–Kier alpha value is -1.91. The minimum Gasteiger partial charge on any atom is -0.476 e. The van der Waals surface area contributed by atoms with Gasteiger partial charge < -0.3 is 10.8 Å². The molecule has 1 aromatic rings. The van der Waals surface area contributed by atoms with Crippen LogP contribution in [0, 0.1) is 0 Å². The molecule has 1 aliphatic rings. The molecule has 5 nitrogen and oxygen atoms in total. The average molecular weight is 205 g/mol. The topological polar surface area (TPSA) is 89.1 Å². The number of carboxylic acids is 1. The maximum atomic E-state index is 10.9. The zero-order chi connectivity index (χ0) is 11.0. The molecule has 3 N–H and O–H groups in total. The number of nitrogens with two attached hydrogens (primary N) is 1. The Bertz CT molecular complexity index is 439. The van der Waals surface area contributed by atoms with Gasteiger partial charge in [-0.05, 0) is 12.8 Å². The third-order valence-electron chi connectivity index (χ3n) is 2.34. The van der Waals surface area contributed by atoms with Crippen LogP contribution in [0.5, 0.6) is 0 Å². The average Bonchev–Trinajstić information content (AvgIpc) is 2.99. The van der Waals surface area contributed by atoms with Gasteiger partial charge in [-0.15, -0.1) is 0 Å². The molecule has 78 valence electrons. The second kappa shape index (κ2) is 3.34. The summed E-state index contributed by atoms with van der Waals surface area (Å²) in [6, 6.07) is 0. The maximum Gasteiger partial charge on any atom is 0.355 e. The number of rotatable bonds is 3. The molecule has 0 saturated heterocycles. The summed E-state index contributed by atoms with van der Waals surface area (Å²) in [4.78, 5) is 19.0. The van der Waals surface area contributed by atoms with Crippen LogP contribution < -0.4 is 5.73 Å². The van der Waals surface area contributed by atoms with Crippen LogP contribution in [0.15, 0.2) is 6.58 Å². The van der Waals surface area contributed by atoms with Gasteiger partial charge in [0.15, 0.2) is 5.69 Å². The fraction of sp³-hybridized carbons (Fsp3) is 0.300. The summed E-state index contributed by atoms with van der Waals surface area (Å²) in [6.45, 7) is 3.50. The number of hydrogen-bond acceptors (Lipinski definition) is 4. The predicted molar refractivity (Wildman–Crippen MR) is 55.5 cm³/mol. The minimum absolute atomic E-state index is 0.0561. The summed E-state index contributed by atoms with van der Waals surface area (Å²) in [5.74, 6) is -0.0834. The van der Waals surface area contributed by atoms with Gasteiger partial charge in [-0.1, -0.05) is 12.7 Å². The van der Waals surface area contributed by atoms with Gasteiger partial charge in [0.25, 0.3) is 0 Å². The molecule has 0 radical (unpaired) electrons. The van der Waals surface area contributed by atoms with Crippen LogP contribution in [0.3, 0.4) is 0 Å². The number of aromatic carboxylic acids is 1. The molecule has 1 aliphatic carbocycles. The van der Waals surface area contributed by atoms with Gasteiger partial charge in [-0.2, -0.15) is 0 Å². The smallest absolute Gasteiger partial charge is 0.355 e. The van der Waals surface area contributed by atoms with E-state index >= 15 is 0 Å². The monoisotopic (exact) mass is 205 g/mol. The van der Waals surface area contributed by atoms with Crippen molar-refractivity contribution in [3.8, 4) is 0 Å². The van der Waals surface area contributed by atoms with Crippen molar-refractivity contribution in [2.24, 2.45) is 0 Å². The number of hydrogen-bond donors (Lipinski definition) is 2. The van der Waals surface area contributed by atoms with Crippen LogP contribution in [0.2, 0.25) is 0 Å². The lowest BCUT2D eigenvalue weighted by Gasteiger charge is -2.06. The second-order valence-corrected chi connectivity index (χ2v) is 3.51. The third kappa shape index (κ3) is 1.68. The van der Waals surface area contributed by atoms with Crippen molar-refractivity contribution in [2.75, 3.05) is 5.73 Å². The number of nitrogen functional groups attached to an aromatic ring is 1. The zero-order valence-corrected chi connectivity index (χ0v) is 8.10. The van der Waals surface area contributed by atoms with E-state index in [1.54, 1.807) is 0 Å². The van der Waals surface area contributed by atoms with Crippen molar-refractivity contribution < 1.29 is 9.90 Å². The lowest BCUT2D eigenvalue weighted by Crippen LogP contribution is -2.11. The standard InChI is InChI=1S/C10H11N3O2/c1-2-6-7(10(14)15)12-9(5-3-4-5)13-8(6)11/h2,5H,1,3-4H2,(H,14,15)(H2,11,12,13). The first kappa shape index (κ1) is 9.64. The summed E-state index contributed by atoms with van der Waals surface area (Å²) in [7, 11) is 0. The van der Waals surface area contributed by atoms with E-state index in [1.165, 1.54) is 6.08 Å². The van der Waals surface area contributed by atoms with Crippen molar-refractivity contribution in [3.63, 3.8) is 0 Å². The Morgan fingerprint density at radius 3 is 2.67 bits per heavy atom. The van der Waals surface area contributed by atoms with Crippen molar-refractivity contribution in [2.45, 2.75) is 18.8 Å². The lowest BCUT2D eigenvalue weighted by molar-refractivity contribution is 0.0689. The van der Waals surface area contributed by atoms with Crippen molar-refractivity contribution in [3.05, 3.63) is 23.7 Å². The molecule has 0 bridgehead atoms. The summed E-state index contributed by atoms with van der Waals surface area (Å²) in [5, 5.41) is 8.95. The molecule has 1 fully saturated rings. The molecule has 0 spiro atoms. The molecule has 1 saturated carbocycles. The molecule has 0 aliphatic heterocycles. The normalized spacial score (nSPS) is 14.9. The first-order valence-corrected chi connectivity index (χ1v) is 4.66. The van der Waals surface area contributed by atoms with E-state index in [9.17, 15) is 4.79 Å². The van der Waals surface area contributed by atoms with Gasteiger partial charge in [0.2, 0.25) is 0 Å². The van der Waals surface area contributed by atoms with Gasteiger partial charge in [-0.25, -0.2) is 14.8 Å². The van der Waals surface area contributed by atoms with Crippen LogP contribution in [-0.2, 0) is 0 Å². The van der Waals surface area contributed by atoms with Crippen molar-refractivity contribution in [1.82, 2.24) is 9.97 Å². The highest BCUT2D eigenvalue weighted by molar-refractivity contribution is 5.91. The van der Waals surface area contributed by atoms with Gasteiger partial charge in [0.1, 0.15) is 11.6 Å². The Morgan fingerprint density at radius 1 is 1.53 bits per heavy atom. The summed E-state index contributed by atoms with van der Waals surface area (Å²) in [5.41, 5.74) is 5.89. The highest BCUT2D eigenvalue weighted by atomic mass is 16.4. The summed E-state index contributed by atoms with van der Waals surface area (Å²) >= 11 is 0. The molecule has 2 rings (SSSR count). The number of carbonyl (C=O) groups is 1. The van der Waals surface area contributed by atoms with Gasteiger partial charge in [-0.3, -0.25) is 0 Å². The third-order valence-corrected chi connectivity index (χ3v) is 2.34. The largest absolute Gasteiger partial charge is 0.476 e. The fourth-order valence-electron chi connectivity index (χ4n) is 1.39. The van der Waals surface area contributed by atoms with E-state index in [4.69, 9.17) is 10.8 Å². The number of anilines is 1. The van der Waals surface area contributed by atoms with E-state index < -0.39 is 5.97 Å². The molecule has 1 heterocycles. The Balaban J connectivity index is 2.56. The molecule has 1 aromatic heterocycles. The van der Waals surface area contributed by atoms with E-state index in [0.717, 1.165) is 12.8 Å². The lowest BCUT2D eigenvalue weighted by atomic mass is 10.2. The SMILES string of the molecule is C=Cc1c(N)nc(C2CC2)nc1C(=O)O. The van der Waals surface area contributed by atoms with Gasteiger partial charge >= 0.3 is 5.97 Å². The first-order valence-electron chi connectivity index (χ1n) is 4.66. The van der Waals surface area contributed by atoms with Crippen LogP contribution >= 0.6 is 0 Å². The number of aromatic nitrogens is 2. The first-order chi connectivity index (χ1) is 7.13. The van der Waals surface area contributed by atoms with Gasteiger partial charge in [0.05, 0.1) is 0 Å². The van der Waals surface area contributed by atoms with E-state index in [0.29, 0.717) is 11.4 Å². The van der Waals surface area contributed by atoms with Crippen molar-refractivity contribution >= 4 is 17.9 Å². The van der Waals surface area contributed by atoms with Crippen LogP contribution in [0.25, 0.3) is 6.08 Å². The van der Waals surface area contributed by atoms with E-state index in [2.05, 4.69) is 16.5 Å². The molecule has 15 heavy (non-hydrogen) atoms. The molecule has 0 aromatic carbocycles. The predicted octanol–water partition coefficient (Wildman–Crippen LogP) is 1.28. The molecule has 0 unspecified atom stereocenters. The Kier molecular flexibility index (Phi) is 2.15. The quantitative estimate of drug-likeness (QED) is 0.775. The van der Waals surface area contributed by atoms with Crippen LogP contribution in [0.4, 0.5) is 5.82 Å². The van der Waals surface area contributed by atoms with Crippen LogP contribution in [0.1, 0.15) is 40.6 Å². The summed E-state index contributed by atoms with van der Waals surface area (Å²) < 4.78 is 0. The fourth-order valence-corrected chi connectivity index (χ4v) is 1.39. The summed E-state index contributed by atoms with van der Waals surface area (Å²) in [6.07, 6.45) is 3.38. The Labute approximate surface area is 86.7 Å². The molecule has 0 atom stereocenters. The number of carboxylic acid groups (broad SMARTS) is 1. The minimum atomic E-state index is -1.10. The second-order valence-electron chi connectivity index (χ2n) is 3.51. The molecule has 5 heteroatoms. The highest BCUT2D eigenvalue weighted by Gasteiger charge is 2.29. The molecule has 0 amide bonds. The molecular weight excluding hydrogens is 194 g/mol. The number of nitrogens with zero attached hydrogens (tertiary/aromatic N) is 2. The van der Waals surface area contributed by atoms with Crippen LogP contribution in [-0.4, -0.2) is 21.0 Å². The van der Waals surface area contributed by atoms with E-state index in [1.807, 2.05) is 0 Å². The van der Waals surface area contributed by atoms with Gasteiger partial charge in [0, 0.05) is 11.5 Å².